The molecule has 59 heavy (non-hydrogen) atoms. The standard InChI is InChI=1S/C46H71N5O8/c1-14-28(5)36-25-38(52)33(10)47-43(55)41(29(6)15-2)49-40(53)26-50(12)45(57)37(24-35-19-17-16-18-20-35)51(13)44(56)34(11)48-42(54)39(23-27(3)4)59-46(58)31(8)22-21-30(7)32(36)9/h14,16-20,22,27,29-30,32-34,36-37,39,41H,15,21,23-26H2,1-13H3,(H,47,55)(H,48,54)(H,49,53)/b28-14+,31-22+/t29?,30-,32-,33+,34-,36+,37+,39+,41-/m0/s1. The summed E-state index contributed by atoms with van der Waals surface area (Å²) >= 11 is 0. The molecule has 0 saturated heterocycles. The van der Waals surface area contributed by atoms with E-state index in [4.69, 9.17) is 4.74 Å². The molecule has 13 nitrogen and oxygen atoms in total. The van der Waals surface area contributed by atoms with E-state index in [0.29, 0.717) is 18.4 Å². The Morgan fingerprint density at radius 1 is 0.881 bits per heavy atom. The molecule has 1 aromatic rings. The molecule has 3 N–H and O–H groups in total. The van der Waals surface area contributed by atoms with Gasteiger partial charge < -0.3 is 30.5 Å². The Balaban J connectivity index is 2.62. The average molecular weight is 822 g/mol. The second-order valence-electron chi connectivity index (χ2n) is 17.0. The van der Waals surface area contributed by atoms with Gasteiger partial charge in [-0.1, -0.05) is 96.0 Å². The van der Waals surface area contributed by atoms with E-state index in [1.54, 1.807) is 19.9 Å². The Hall–Kier alpha value is -4.81. The highest BCUT2D eigenvalue weighted by molar-refractivity contribution is 5.96. The average Bonchev–Trinajstić information content (AvgIpc) is 3.20. The molecule has 2 rings (SSSR count). The minimum absolute atomic E-state index is 0.00689. The lowest BCUT2D eigenvalue weighted by molar-refractivity contribution is -0.154. The van der Waals surface area contributed by atoms with Gasteiger partial charge in [0.2, 0.25) is 23.6 Å². The van der Waals surface area contributed by atoms with Crippen molar-refractivity contribution in [3.8, 4) is 0 Å². The molecule has 9 atom stereocenters. The van der Waals surface area contributed by atoms with Gasteiger partial charge in [-0.05, 0) is 82.6 Å². The van der Waals surface area contributed by atoms with Gasteiger partial charge >= 0.3 is 5.97 Å². The molecular formula is C46H71N5O8. The van der Waals surface area contributed by atoms with Crippen molar-refractivity contribution in [3.05, 3.63) is 59.2 Å². The summed E-state index contributed by atoms with van der Waals surface area (Å²) in [7, 11) is 2.92. The Morgan fingerprint density at radius 3 is 2.07 bits per heavy atom. The van der Waals surface area contributed by atoms with Crippen LogP contribution in [-0.4, -0.2) is 102 Å². The van der Waals surface area contributed by atoms with Crippen LogP contribution in [0.2, 0.25) is 0 Å². The number of benzene rings is 1. The zero-order chi connectivity index (χ0) is 44.7. The summed E-state index contributed by atoms with van der Waals surface area (Å²) in [5.41, 5.74) is 2.12. The predicted octanol–water partition coefficient (Wildman–Crippen LogP) is 5.18. The van der Waals surface area contributed by atoms with E-state index in [-0.39, 0.29) is 54.6 Å². The van der Waals surface area contributed by atoms with E-state index in [2.05, 4.69) is 29.8 Å². The molecule has 1 heterocycles. The number of cyclic esters (lactones) is 1. The number of carbonyl (C=O) groups excluding carboxylic acids is 7. The number of amides is 5. The number of ether oxygens (including phenoxy) is 1. The molecule has 1 aromatic carbocycles. The van der Waals surface area contributed by atoms with E-state index in [9.17, 15) is 33.6 Å². The first-order valence-electron chi connectivity index (χ1n) is 21.1. The number of carbonyl (C=O) groups is 7. The largest absolute Gasteiger partial charge is 0.449 e. The minimum Gasteiger partial charge on any atom is -0.449 e. The van der Waals surface area contributed by atoms with Gasteiger partial charge in [0.05, 0.1) is 12.6 Å². The van der Waals surface area contributed by atoms with Crippen LogP contribution in [0.5, 0.6) is 0 Å². The lowest BCUT2D eigenvalue weighted by Gasteiger charge is -2.33. The molecule has 0 spiro atoms. The molecule has 1 unspecified atom stereocenters. The molecule has 0 bridgehead atoms. The third-order valence-electron chi connectivity index (χ3n) is 11.9. The van der Waals surface area contributed by atoms with Gasteiger partial charge in [-0.25, -0.2) is 4.79 Å². The Kier molecular flexibility index (Phi) is 20.2. The second-order valence-corrected chi connectivity index (χ2v) is 17.0. The van der Waals surface area contributed by atoms with Gasteiger partial charge in [0.25, 0.3) is 5.91 Å². The monoisotopic (exact) mass is 822 g/mol. The first-order chi connectivity index (χ1) is 27.6. The maximum atomic E-state index is 14.2. The lowest BCUT2D eigenvalue weighted by Crippen LogP contribution is -2.57. The zero-order valence-corrected chi connectivity index (χ0v) is 37.7. The lowest BCUT2D eigenvalue weighted by atomic mass is 9.75. The molecule has 1 aliphatic rings. The third kappa shape index (κ3) is 15.1. The van der Waals surface area contributed by atoms with E-state index >= 15 is 0 Å². The fourth-order valence-electron chi connectivity index (χ4n) is 7.19. The van der Waals surface area contributed by atoms with Crippen molar-refractivity contribution in [1.82, 2.24) is 25.8 Å². The molecule has 0 aliphatic carbocycles. The van der Waals surface area contributed by atoms with Crippen LogP contribution in [0, 0.1) is 29.6 Å². The van der Waals surface area contributed by atoms with Crippen LogP contribution >= 0.6 is 0 Å². The number of hydrogen-bond donors (Lipinski definition) is 3. The minimum atomic E-state index is -1.18. The summed E-state index contributed by atoms with van der Waals surface area (Å²) in [4.78, 5) is 98.7. The van der Waals surface area contributed by atoms with Crippen molar-refractivity contribution < 1.29 is 38.3 Å². The summed E-state index contributed by atoms with van der Waals surface area (Å²) in [5.74, 6) is -4.07. The van der Waals surface area contributed by atoms with Gasteiger partial charge in [-0.3, -0.25) is 28.8 Å². The number of nitrogens with one attached hydrogen (secondary N) is 3. The number of rotatable bonds is 7. The van der Waals surface area contributed by atoms with Crippen molar-refractivity contribution in [2.24, 2.45) is 29.6 Å². The van der Waals surface area contributed by atoms with Crippen molar-refractivity contribution in [1.29, 1.82) is 0 Å². The van der Waals surface area contributed by atoms with Crippen LogP contribution in [0.15, 0.2) is 53.6 Å². The molecule has 1 aliphatic heterocycles. The van der Waals surface area contributed by atoms with Crippen LogP contribution in [0.25, 0.3) is 0 Å². The van der Waals surface area contributed by atoms with Crippen LogP contribution in [0.4, 0.5) is 0 Å². The molecule has 0 saturated carbocycles. The molecule has 5 amide bonds. The van der Waals surface area contributed by atoms with Gasteiger partial charge in [0, 0.05) is 32.5 Å². The van der Waals surface area contributed by atoms with Crippen molar-refractivity contribution in [2.45, 2.75) is 139 Å². The van der Waals surface area contributed by atoms with Gasteiger partial charge in [0.15, 0.2) is 11.9 Å². The molecular weight excluding hydrogens is 751 g/mol. The second kappa shape index (κ2) is 23.7. The van der Waals surface area contributed by atoms with E-state index in [1.807, 2.05) is 78.0 Å². The summed E-state index contributed by atoms with van der Waals surface area (Å²) in [6, 6.07) is 5.12. The topological polar surface area (TPSA) is 171 Å². The quantitative estimate of drug-likeness (QED) is 0.250. The Labute approximate surface area is 352 Å². The molecule has 13 heteroatoms. The fraction of sp³-hybridized carbons (Fsp3) is 0.630. The van der Waals surface area contributed by atoms with Gasteiger partial charge in [0.1, 0.15) is 18.1 Å². The maximum absolute atomic E-state index is 14.2. The van der Waals surface area contributed by atoms with Crippen LogP contribution in [-0.2, 0) is 44.7 Å². The van der Waals surface area contributed by atoms with Crippen molar-refractivity contribution in [2.75, 3.05) is 20.6 Å². The number of ketones is 1. The SMILES string of the molecule is C/C=C(\C)[C@H]1CC(=O)[C@@H](C)NC(=O)[C@H](C(C)CC)NC(=O)CN(C)C(=O)[C@@H](Cc2ccccc2)N(C)C(=O)[C@H](C)NC(=O)[C@@H](CC(C)C)OC(=O)/C(C)=C/C[C@H](C)[C@@H]1C. The summed E-state index contributed by atoms with van der Waals surface area (Å²) in [6.07, 6.45) is 4.15. The van der Waals surface area contributed by atoms with Gasteiger partial charge in [-0.2, -0.15) is 0 Å². The maximum Gasteiger partial charge on any atom is 0.334 e. The number of likely N-dealkylation sites (N-methyl/N-ethyl adjacent to an activating group) is 2. The summed E-state index contributed by atoms with van der Waals surface area (Å²) in [5, 5.41) is 8.35. The van der Waals surface area contributed by atoms with E-state index in [0.717, 1.165) is 11.1 Å². The highest BCUT2D eigenvalue weighted by Gasteiger charge is 2.36. The normalized spacial score (nSPS) is 28.9. The third-order valence-corrected chi connectivity index (χ3v) is 11.9. The highest BCUT2D eigenvalue weighted by Crippen LogP contribution is 2.33. The number of esters is 1. The summed E-state index contributed by atoms with van der Waals surface area (Å²) in [6.45, 7) is 19.9. The molecule has 0 radical (unpaired) electrons. The first kappa shape index (κ1) is 50.3. The number of allylic oxidation sites excluding steroid dienone is 3. The highest BCUT2D eigenvalue weighted by atomic mass is 16.5. The van der Waals surface area contributed by atoms with Crippen molar-refractivity contribution in [3.63, 3.8) is 0 Å². The van der Waals surface area contributed by atoms with Crippen LogP contribution in [0.1, 0.15) is 107 Å². The van der Waals surface area contributed by atoms with Crippen LogP contribution < -0.4 is 16.0 Å². The predicted molar refractivity (Wildman–Crippen MR) is 230 cm³/mol. The fourth-order valence-corrected chi connectivity index (χ4v) is 7.19. The molecule has 0 fully saturated rings. The Morgan fingerprint density at radius 2 is 1.49 bits per heavy atom. The number of nitrogens with zero attached hydrogens (tertiary/aromatic N) is 2. The first-order valence-corrected chi connectivity index (χ1v) is 21.1. The number of hydrogen-bond acceptors (Lipinski definition) is 8. The summed E-state index contributed by atoms with van der Waals surface area (Å²) < 4.78 is 5.77. The van der Waals surface area contributed by atoms with Gasteiger partial charge in [-0.15, -0.1) is 0 Å². The van der Waals surface area contributed by atoms with E-state index in [1.165, 1.54) is 30.8 Å². The Bertz CT molecular complexity index is 1690. The molecule has 0 aromatic heterocycles. The zero-order valence-electron chi connectivity index (χ0n) is 37.7. The molecule has 328 valence electrons. The smallest absolute Gasteiger partial charge is 0.334 e. The van der Waals surface area contributed by atoms with Crippen molar-refractivity contribution >= 4 is 41.3 Å². The van der Waals surface area contributed by atoms with E-state index < -0.39 is 72.3 Å². The van der Waals surface area contributed by atoms with Crippen LogP contribution in [0.3, 0.4) is 0 Å². The number of Topliss-reactive ketones (excluding diaryl/α,β-unsaturated/α-hetero) is 1.